The maximum atomic E-state index is 13.2. The predicted octanol–water partition coefficient (Wildman–Crippen LogP) is 7.57. The molecule has 3 aromatic carbocycles. The summed E-state index contributed by atoms with van der Waals surface area (Å²) >= 11 is 7.40. The van der Waals surface area contributed by atoms with Gasteiger partial charge in [-0.15, -0.1) is 11.3 Å². The first kappa shape index (κ1) is 42.1. The molecule has 0 aliphatic rings. The molecule has 0 unspecified atom stereocenters. The molecule has 0 aliphatic heterocycles. The van der Waals surface area contributed by atoms with Gasteiger partial charge in [0.25, 0.3) is 11.8 Å². The fraction of sp³-hybridized carbons (Fsp3) is 0.0667. The second-order valence-electron chi connectivity index (χ2n) is 14.5. The van der Waals surface area contributed by atoms with Crippen LogP contribution in [-0.4, -0.2) is 62.8 Å². The Labute approximate surface area is 374 Å². The third-order valence-electron chi connectivity index (χ3n) is 10.4. The number of nitrogens with zero attached hydrogens (tertiary/aromatic N) is 6. The van der Waals surface area contributed by atoms with Gasteiger partial charge < -0.3 is 15.2 Å². The van der Waals surface area contributed by atoms with Crippen molar-refractivity contribution in [3.05, 3.63) is 173 Å². The maximum absolute atomic E-state index is 13.2. The van der Waals surface area contributed by atoms with Crippen molar-refractivity contribution in [2.45, 2.75) is 32.9 Å². The lowest BCUT2D eigenvalue weighted by molar-refractivity contribution is 0.0944. The number of aromatic nitrogens is 7. The van der Waals surface area contributed by atoms with Gasteiger partial charge in [-0.3, -0.25) is 24.1 Å². The number of hydrogen-bond donors (Lipinski definition) is 3. The minimum Gasteiger partial charge on any atom is -0.348 e. The number of aryl methyl sites for hydroxylation is 1. The molecule has 3 N–H and O–H groups in total. The van der Waals surface area contributed by atoms with Gasteiger partial charge in [0.15, 0.2) is 10.7 Å². The van der Waals surface area contributed by atoms with E-state index in [1.807, 2.05) is 36.4 Å². The molecule has 64 heavy (non-hydrogen) atoms. The van der Waals surface area contributed by atoms with Crippen LogP contribution in [0.15, 0.2) is 166 Å². The van der Waals surface area contributed by atoms with Gasteiger partial charge in [-0.25, -0.2) is 26.8 Å². The average Bonchev–Trinajstić information content (AvgIpc) is 4.13. The summed E-state index contributed by atoms with van der Waals surface area (Å²) < 4.78 is 56.6. The Morgan fingerprint density at radius 1 is 0.703 bits per heavy atom. The van der Waals surface area contributed by atoms with Crippen LogP contribution >= 0.6 is 22.9 Å². The number of pyridine rings is 3. The van der Waals surface area contributed by atoms with Crippen LogP contribution in [0.25, 0.3) is 37.7 Å². The Bertz CT molecular complexity index is 3590. The number of aromatic amines is 1. The number of H-pyrrole nitrogens is 1. The van der Waals surface area contributed by atoms with E-state index in [1.165, 1.54) is 46.5 Å². The van der Waals surface area contributed by atoms with Crippen LogP contribution in [0.2, 0.25) is 5.02 Å². The molecule has 2 amide bonds. The summed E-state index contributed by atoms with van der Waals surface area (Å²) in [6, 6.07) is 30.9. The molecule has 0 spiro atoms. The Kier molecular flexibility index (Phi) is 11.3. The van der Waals surface area contributed by atoms with Gasteiger partial charge in [-0.05, 0) is 83.2 Å². The molecule has 7 heterocycles. The average molecular weight is 928 g/mol. The number of carbonyl (C=O) groups is 2. The summed E-state index contributed by atoms with van der Waals surface area (Å²) in [6.07, 6.45) is 9.32. The third-order valence-corrected chi connectivity index (χ3v) is 15.3. The number of sulfone groups is 2. The summed E-state index contributed by atoms with van der Waals surface area (Å²) in [5, 5.41) is 15.6. The van der Waals surface area contributed by atoms with E-state index in [2.05, 4.69) is 35.8 Å². The zero-order valence-corrected chi connectivity index (χ0v) is 36.7. The number of benzene rings is 3. The number of para-hydroxylation sites is 1. The number of carbonyl (C=O) groups excluding carboxylic acids is 2. The highest BCUT2D eigenvalue weighted by atomic mass is 35.5. The normalized spacial score (nSPS) is 11.8. The molecule has 10 rings (SSSR count). The van der Waals surface area contributed by atoms with Gasteiger partial charge in [0.1, 0.15) is 10.7 Å². The van der Waals surface area contributed by atoms with Crippen molar-refractivity contribution in [2.75, 3.05) is 0 Å². The van der Waals surface area contributed by atoms with Gasteiger partial charge in [-0.1, -0.05) is 54.1 Å². The van der Waals surface area contributed by atoms with Gasteiger partial charge in [0.05, 0.1) is 42.3 Å². The SMILES string of the molecule is Cn1c(S(=O)(=O)c2ccc(CNC(=O)c3cc4ccncc4s3)cc2)cc2ccccc21.O=C(NCc1ccc(S(=O)(=O)c2cnc3ccc(Cl)cn23)cc1)c1cnc2[nH]ncc2c1. The van der Waals surface area contributed by atoms with Crippen molar-refractivity contribution < 1.29 is 26.4 Å². The lowest BCUT2D eigenvalue weighted by atomic mass is 10.2. The monoisotopic (exact) mass is 927 g/mol. The van der Waals surface area contributed by atoms with E-state index in [0.717, 1.165) is 37.5 Å². The highest BCUT2D eigenvalue weighted by Gasteiger charge is 2.24. The molecule has 320 valence electrons. The van der Waals surface area contributed by atoms with Gasteiger partial charge in [0, 0.05) is 61.2 Å². The standard InChI is InChI=1S/C24H19N3O3S2.C21H15ClN6O3S/c1-27-20-5-3-2-4-17(20)13-23(27)32(29,30)19-8-6-16(7-9-19)14-26-24(28)21-12-18-10-11-25-15-22(18)31-21;22-16-3-6-18-23-11-19(28(18)12-16)32(30,31)17-4-1-13(2-5-17)8-25-21(29)15-7-14-10-26-27-20(14)24-9-15/h2-13,15H,14H2,1H3,(H,26,28);1-7,9-12H,8H2,(H,25,29)(H,24,26,27). The molecule has 0 saturated heterocycles. The molecular formula is C45H34ClN9O6S3. The quantitative estimate of drug-likeness (QED) is 0.123. The third kappa shape index (κ3) is 8.34. The summed E-state index contributed by atoms with van der Waals surface area (Å²) in [5.41, 5.74) is 3.92. The van der Waals surface area contributed by atoms with Crippen LogP contribution in [0.1, 0.15) is 31.2 Å². The van der Waals surface area contributed by atoms with Crippen LogP contribution in [-0.2, 0) is 39.8 Å². The number of imidazole rings is 1. The van der Waals surface area contributed by atoms with E-state index in [-0.39, 0.29) is 38.2 Å². The van der Waals surface area contributed by atoms with Crippen molar-refractivity contribution in [2.24, 2.45) is 7.05 Å². The van der Waals surface area contributed by atoms with Gasteiger partial charge in [-0.2, -0.15) is 5.10 Å². The maximum Gasteiger partial charge on any atom is 0.261 e. The number of nitrogens with one attached hydrogen (secondary N) is 3. The number of halogens is 1. The van der Waals surface area contributed by atoms with Crippen LogP contribution in [0.5, 0.6) is 0 Å². The Hall–Kier alpha value is -7.25. The highest BCUT2D eigenvalue weighted by Crippen LogP contribution is 2.28. The van der Waals surface area contributed by atoms with Crippen molar-refractivity contribution in [1.82, 2.24) is 44.8 Å². The van der Waals surface area contributed by atoms with E-state index in [0.29, 0.717) is 33.3 Å². The molecule has 7 aromatic heterocycles. The highest BCUT2D eigenvalue weighted by molar-refractivity contribution is 7.91. The second-order valence-corrected chi connectivity index (χ2v) is 19.8. The van der Waals surface area contributed by atoms with E-state index < -0.39 is 19.7 Å². The van der Waals surface area contributed by atoms with Crippen molar-refractivity contribution in [1.29, 1.82) is 0 Å². The van der Waals surface area contributed by atoms with Crippen molar-refractivity contribution >= 4 is 92.1 Å². The minimum atomic E-state index is -3.81. The molecule has 0 saturated carbocycles. The van der Waals surface area contributed by atoms with Gasteiger partial charge in [0.2, 0.25) is 19.7 Å². The lowest BCUT2D eigenvalue weighted by Crippen LogP contribution is -2.22. The first-order chi connectivity index (χ1) is 30.8. The molecule has 10 aromatic rings. The fourth-order valence-corrected chi connectivity index (χ4v) is 10.9. The number of rotatable bonds is 10. The van der Waals surface area contributed by atoms with E-state index >= 15 is 0 Å². The molecule has 19 heteroatoms. The predicted molar refractivity (Wildman–Crippen MR) is 243 cm³/mol. The topological polar surface area (TPSA) is 203 Å². The first-order valence-corrected chi connectivity index (χ1v) is 23.6. The summed E-state index contributed by atoms with van der Waals surface area (Å²) in [4.78, 5) is 38.2. The van der Waals surface area contributed by atoms with E-state index in [9.17, 15) is 26.4 Å². The summed E-state index contributed by atoms with van der Waals surface area (Å²) in [5.74, 6) is -0.460. The summed E-state index contributed by atoms with van der Waals surface area (Å²) in [6.45, 7) is 0.535. The molecule has 0 bridgehead atoms. The fourth-order valence-electron chi connectivity index (χ4n) is 6.98. The molecule has 0 radical (unpaired) electrons. The molecular weight excluding hydrogens is 894 g/mol. The van der Waals surface area contributed by atoms with Gasteiger partial charge >= 0.3 is 0 Å². The molecule has 15 nitrogen and oxygen atoms in total. The zero-order valence-electron chi connectivity index (χ0n) is 33.5. The second kappa shape index (κ2) is 17.1. The minimum absolute atomic E-state index is 0.0261. The first-order valence-electron chi connectivity index (χ1n) is 19.4. The largest absolute Gasteiger partial charge is 0.348 e. The van der Waals surface area contributed by atoms with Crippen LogP contribution in [0.4, 0.5) is 0 Å². The molecule has 0 aliphatic carbocycles. The molecule has 0 atom stereocenters. The Morgan fingerprint density at radius 3 is 2.09 bits per heavy atom. The lowest BCUT2D eigenvalue weighted by Gasteiger charge is -2.08. The van der Waals surface area contributed by atoms with E-state index in [1.54, 1.807) is 90.9 Å². The van der Waals surface area contributed by atoms with E-state index in [4.69, 9.17) is 11.6 Å². The number of thiophene rings is 1. The number of amides is 2. The Balaban J connectivity index is 0.000000162. The Morgan fingerprint density at radius 2 is 1.39 bits per heavy atom. The van der Waals surface area contributed by atoms with Crippen LogP contribution in [0.3, 0.4) is 0 Å². The number of fused-ring (bicyclic) bond motifs is 4. The van der Waals surface area contributed by atoms with Crippen LogP contribution < -0.4 is 10.6 Å². The van der Waals surface area contributed by atoms with Crippen molar-refractivity contribution in [3.8, 4) is 0 Å². The smallest absolute Gasteiger partial charge is 0.261 e. The van der Waals surface area contributed by atoms with Crippen molar-refractivity contribution in [3.63, 3.8) is 0 Å². The zero-order chi connectivity index (χ0) is 44.6. The van der Waals surface area contributed by atoms with Crippen LogP contribution in [0, 0.1) is 0 Å². The number of hydrogen-bond acceptors (Lipinski definition) is 11. The molecule has 0 fully saturated rings. The summed E-state index contributed by atoms with van der Waals surface area (Å²) in [7, 11) is -5.72.